The first-order chi connectivity index (χ1) is 26.5. The van der Waals surface area contributed by atoms with E-state index in [2.05, 4.69) is 0 Å². The average Bonchev–Trinajstić information content (AvgIpc) is 3.10. The van der Waals surface area contributed by atoms with Gasteiger partial charge in [0.05, 0.1) is 16.7 Å². The van der Waals surface area contributed by atoms with E-state index in [1.165, 1.54) is 21.3 Å². The molecule has 12 heteroatoms. The smallest absolute Gasteiger partial charge is 0.339 e. The Bertz CT molecular complexity index is 1890. The van der Waals surface area contributed by atoms with Crippen LogP contribution in [0.2, 0.25) is 0 Å². The lowest BCUT2D eigenvalue weighted by Gasteiger charge is -2.54. The third-order valence-corrected chi connectivity index (χ3v) is 14.5. The van der Waals surface area contributed by atoms with Crippen LogP contribution in [0, 0.1) is 17.8 Å². The van der Waals surface area contributed by atoms with Crippen LogP contribution in [0.15, 0.2) is 30.3 Å². The molecule has 0 radical (unpaired) electrons. The van der Waals surface area contributed by atoms with Gasteiger partial charge in [0.25, 0.3) is 0 Å². The van der Waals surface area contributed by atoms with Gasteiger partial charge in [-0.3, -0.25) is 0 Å². The molecule has 58 heavy (non-hydrogen) atoms. The number of rotatable bonds is 9. The van der Waals surface area contributed by atoms with Crippen LogP contribution in [0.25, 0.3) is 10.8 Å². The first-order valence-electron chi connectivity index (χ1n) is 21.2. The standard InChI is InChI=1S/C46H71N3O9/c1-27(2)44(13)24-33(21-41(7,8)47(44)53)56-38(50)31-17-16-30-18-32(39(51)57-34-22-42(9,10)48(54)45(14,25-34)28(3)4)20-37(36(30)19-31)40(52)58-35-23-43(11,12)49(55)46(15,26-35)29(5)6/h16-20,27-29,33-35,53-55H,21-26H2,1-15H3. The van der Waals surface area contributed by atoms with Crippen LogP contribution in [-0.4, -0.2) is 100 Å². The van der Waals surface area contributed by atoms with Crippen LogP contribution in [0.1, 0.15) is 173 Å². The number of benzene rings is 2. The predicted octanol–water partition coefficient (Wildman–Crippen LogP) is 9.45. The number of ether oxygens (including phenoxy) is 3. The van der Waals surface area contributed by atoms with Crippen LogP contribution >= 0.6 is 0 Å². The fraction of sp³-hybridized carbons (Fsp3) is 0.717. The Hall–Kier alpha value is -3.13. The van der Waals surface area contributed by atoms with E-state index in [0.29, 0.717) is 49.3 Å². The summed E-state index contributed by atoms with van der Waals surface area (Å²) in [5.74, 6) is -1.63. The van der Waals surface area contributed by atoms with Crippen LogP contribution in [0.4, 0.5) is 0 Å². The summed E-state index contributed by atoms with van der Waals surface area (Å²) in [7, 11) is 0. The fourth-order valence-corrected chi connectivity index (χ4v) is 9.98. The highest BCUT2D eigenvalue weighted by Crippen LogP contribution is 2.45. The molecule has 12 nitrogen and oxygen atoms in total. The number of fused-ring (bicyclic) bond motifs is 1. The van der Waals surface area contributed by atoms with E-state index in [1.807, 2.05) is 104 Å². The maximum absolute atomic E-state index is 14.5. The van der Waals surface area contributed by atoms with Crippen molar-refractivity contribution < 1.29 is 44.2 Å². The van der Waals surface area contributed by atoms with E-state index in [9.17, 15) is 30.0 Å². The number of carbonyl (C=O) groups excluding carboxylic acids is 3. The van der Waals surface area contributed by atoms with Crippen molar-refractivity contribution in [3.05, 3.63) is 47.0 Å². The average molecular weight is 810 g/mol. The van der Waals surface area contributed by atoms with Gasteiger partial charge in [0.2, 0.25) is 0 Å². The maximum Gasteiger partial charge on any atom is 0.339 e. The van der Waals surface area contributed by atoms with E-state index in [0.717, 1.165) is 0 Å². The van der Waals surface area contributed by atoms with E-state index in [-0.39, 0.29) is 34.4 Å². The number of carbonyl (C=O) groups is 3. The highest BCUT2D eigenvalue weighted by molar-refractivity contribution is 6.09. The van der Waals surface area contributed by atoms with Gasteiger partial charge in [-0.2, -0.15) is 15.2 Å². The van der Waals surface area contributed by atoms with Gasteiger partial charge in [0.1, 0.15) is 18.3 Å². The summed E-state index contributed by atoms with van der Waals surface area (Å²) in [5, 5.41) is 38.7. The van der Waals surface area contributed by atoms with Gasteiger partial charge >= 0.3 is 17.9 Å². The minimum absolute atomic E-state index is 0.0413. The number of piperidine rings is 3. The van der Waals surface area contributed by atoms with E-state index in [1.54, 1.807) is 24.3 Å². The molecule has 3 heterocycles. The lowest BCUT2D eigenvalue weighted by atomic mass is 9.73. The number of hydrogen-bond acceptors (Lipinski definition) is 12. The van der Waals surface area contributed by atoms with Gasteiger partial charge in [-0.25, -0.2) is 14.4 Å². The second-order valence-corrected chi connectivity index (χ2v) is 21.2. The molecule has 6 unspecified atom stereocenters. The van der Waals surface area contributed by atoms with Crippen molar-refractivity contribution in [3.63, 3.8) is 0 Å². The lowest BCUT2D eigenvalue weighted by molar-refractivity contribution is -0.273. The molecule has 0 aromatic heterocycles. The van der Waals surface area contributed by atoms with Crippen molar-refractivity contribution in [1.82, 2.24) is 15.2 Å². The van der Waals surface area contributed by atoms with Crippen molar-refractivity contribution in [2.45, 2.75) is 194 Å². The van der Waals surface area contributed by atoms with Gasteiger partial charge in [-0.15, -0.1) is 0 Å². The molecule has 0 bridgehead atoms. The second-order valence-electron chi connectivity index (χ2n) is 21.2. The van der Waals surface area contributed by atoms with Crippen LogP contribution in [0.3, 0.4) is 0 Å². The SMILES string of the molecule is CC(C)C1(C)CC(OC(=O)c2cc(C(=O)OC3CC(C)(C)N(O)C(C)(C(C)C)C3)c3cc(C(=O)OC4CC(C)(C)N(O)C(C)(C(C)C)C4)ccc3c2)CC(C)(C)N1O. The summed E-state index contributed by atoms with van der Waals surface area (Å²) in [6.45, 7) is 29.6. The second kappa shape index (κ2) is 15.7. The highest BCUT2D eigenvalue weighted by Gasteiger charge is 2.53. The Morgan fingerprint density at radius 1 is 0.517 bits per heavy atom. The minimum atomic E-state index is -0.693. The number of hydrogen-bond donors (Lipinski definition) is 3. The van der Waals surface area contributed by atoms with Crippen molar-refractivity contribution in [1.29, 1.82) is 0 Å². The van der Waals surface area contributed by atoms with E-state index in [4.69, 9.17) is 14.2 Å². The summed E-state index contributed by atoms with van der Waals surface area (Å²) in [6.07, 6.45) is 0.947. The molecule has 6 atom stereocenters. The molecular formula is C46H71N3O9. The first kappa shape index (κ1) is 45.9. The van der Waals surface area contributed by atoms with E-state index < -0.39 is 69.5 Å². The molecule has 324 valence electrons. The molecule has 2 aromatic carbocycles. The van der Waals surface area contributed by atoms with Crippen molar-refractivity contribution in [2.24, 2.45) is 17.8 Å². The predicted molar refractivity (Wildman–Crippen MR) is 222 cm³/mol. The number of hydroxylamine groups is 6. The summed E-state index contributed by atoms with van der Waals surface area (Å²) in [5.41, 5.74) is -3.43. The Morgan fingerprint density at radius 3 is 1.22 bits per heavy atom. The Labute approximate surface area is 346 Å². The Kier molecular flexibility index (Phi) is 12.5. The molecule has 5 rings (SSSR count). The molecule has 0 aliphatic carbocycles. The third-order valence-electron chi connectivity index (χ3n) is 14.5. The molecule has 3 aliphatic heterocycles. The van der Waals surface area contributed by atoms with Crippen LogP contribution in [-0.2, 0) is 14.2 Å². The summed E-state index contributed by atoms with van der Waals surface area (Å²) in [6, 6.07) is 8.09. The zero-order valence-electron chi connectivity index (χ0n) is 37.7. The highest BCUT2D eigenvalue weighted by atomic mass is 16.6. The maximum atomic E-state index is 14.5. The van der Waals surface area contributed by atoms with Crippen LogP contribution in [0.5, 0.6) is 0 Å². The Morgan fingerprint density at radius 2 is 0.862 bits per heavy atom. The van der Waals surface area contributed by atoms with Gasteiger partial charge in [-0.05, 0) is 115 Å². The van der Waals surface area contributed by atoms with Crippen LogP contribution < -0.4 is 0 Å². The van der Waals surface area contributed by atoms with Gasteiger partial charge in [0, 0.05) is 71.8 Å². The lowest BCUT2D eigenvalue weighted by Crippen LogP contribution is -2.64. The molecule has 2 aromatic rings. The molecule has 0 saturated carbocycles. The molecule has 3 N–H and O–H groups in total. The monoisotopic (exact) mass is 810 g/mol. The Balaban J connectivity index is 1.51. The van der Waals surface area contributed by atoms with Gasteiger partial charge < -0.3 is 29.8 Å². The van der Waals surface area contributed by atoms with Gasteiger partial charge in [0.15, 0.2) is 0 Å². The molecular weight excluding hydrogens is 739 g/mol. The molecule has 3 aliphatic rings. The summed E-state index contributed by atoms with van der Waals surface area (Å²) < 4.78 is 18.6. The summed E-state index contributed by atoms with van der Waals surface area (Å²) in [4.78, 5) is 42.4. The minimum Gasteiger partial charge on any atom is -0.459 e. The van der Waals surface area contributed by atoms with E-state index >= 15 is 0 Å². The molecule has 3 fully saturated rings. The van der Waals surface area contributed by atoms with Gasteiger partial charge in [-0.1, -0.05) is 47.6 Å². The van der Waals surface area contributed by atoms with Crippen molar-refractivity contribution >= 4 is 28.7 Å². The zero-order valence-corrected chi connectivity index (χ0v) is 37.7. The molecule has 0 amide bonds. The zero-order chi connectivity index (χ0) is 43.7. The van der Waals surface area contributed by atoms with Crippen molar-refractivity contribution in [3.8, 4) is 0 Å². The molecule has 3 saturated heterocycles. The normalized spacial score (nSPS) is 31.8. The number of nitrogens with zero attached hydrogens (tertiary/aromatic N) is 3. The van der Waals surface area contributed by atoms with Crippen molar-refractivity contribution in [2.75, 3.05) is 0 Å². The number of esters is 3. The summed E-state index contributed by atoms with van der Waals surface area (Å²) >= 11 is 0. The topological polar surface area (TPSA) is 149 Å². The quantitative estimate of drug-likeness (QED) is 0.164. The first-order valence-corrected chi connectivity index (χ1v) is 21.2. The third kappa shape index (κ3) is 8.43. The fourth-order valence-electron chi connectivity index (χ4n) is 9.98. The largest absolute Gasteiger partial charge is 0.459 e. The molecule has 0 spiro atoms.